The van der Waals surface area contributed by atoms with Crippen molar-refractivity contribution in [2.75, 3.05) is 0 Å². The van der Waals surface area contributed by atoms with Crippen molar-refractivity contribution in [2.45, 2.75) is 19.3 Å². The summed E-state index contributed by atoms with van der Waals surface area (Å²) in [6.45, 7) is 0. The lowest BCUT2D eigenvalue weighted by Crippen LogP contribution is -2.06. The van der Waals surface area contributed by atoms with E-state index in [1.807, 2.05) is 0 Å². The molecule has 0 atom stereocenters. The highest BCUT2D eigenvalue weighted by Crippen LogP contribution is 2.31. The molecule has 1 aromatic rings. The summed E-state index contributed by atoms with van der Waals surface area (Å²) in [6, 6.07) is 1.58. The maximum atomic E-state index is 10.8. The van der Waals surface area contributed by atoms with Crippen LogP contribution in [0.5, 0.6) is 0 Å². The van der Waals surface area contributed by atoms with Crippen molar-refractivity contribution >= 4 is 0 Å². The van der Waals surface area contributed by atoms with E-state index in [2.05, 4.69) is 9.97 Å². The van der Waals surface area contributed by atoms with Crippen molar-refractivity contribution in [3.05, 3.63) is 28.4 Å². The van der Waals surface area contributed by atoms with Gasteiger partial charge in [0.25, 0.3) is 5.56 Å². The molecule has 3 heteroatoms. The van der Waals surface area contributed by atoms with Gasteiger partial charge in [0.2, 0.25) is 0 Å². The predicted molar refractivity (Wildman–Crippen MR) is 41.3 cm³/mol. The molecule has 0 aromatic carbocycles. The van der Waals surface area contributed by atoms with E-state index in [4.69, 9.17) is 0 Å². The van der Waals surface area contributed by atoms with Crippen molar-refractivity contribution in [3.63, 3.8) is 0 Å². The van der Waals surface area contributed by atoms with Gasteiger partial charge in [-0.25, -0.2) is 4.98 Å². The molecule has 1 N–H and O–H groups in total. The van der Waals surface area contributed by atoms with Gasteiger partial charge in [-0.3, -0.25) is 4.79 Å². The summed E-state index contributed by atoms with van der Waals surface area (Å²) < 4.78 is 0. The summed E-state index contributed by atoms with van der Waals surface area (Å²) in [7, 11) is 0. The third-order valence-corrected chi connectivity index (χ3v) is 1.93. The molecule has 1 saturated carbocycles. The van der Waals surface area contributed by atoms with Crippen LogP contribution in [0.4, 0.5) is 0 Å². The van der Waals surface area contributed by atoms with Crippen molar-refractivity contribution in [1.29, 1.82) is 0 Å². The maximum Gasteiger partial charge on any atom is 0.250 e. The lowest BCUT2D eigenvalue weighted by molar-refractivity contribution is 0.795. The molecule has 1 aromatic heterocycles. The number of aromatic nitrogens is 2. The number of rotatable bonds is 2. The number of aromatic amines is 1. The Balaban J connectivity index is 2.16. The van der Waals surface area contributed by atoms with Gasteiger partial charge in [0, 0.05) is 11.8 Å². The number of hydrogen-bond donors (Lipinski definition) is 1. The van der Waals surface area contributed by atoms with Crippen LogP contribution in [0.1, 0.15) is 18.5 Å². The molecular weight excluding hydrogens is 140 g/mol. The zero-order chi connectivity index (χ0) is 7.68. The van der Waals surface area contributed by atoms with Gasteiger partial charge < -0.3 is 4.98 Å². The molecule has 58 valence electrons. The van der Waals surface area contributed by atoms with Crippen LogP contribution >= 0.6 is 0 Å². The first-order valence-corrected chi connectivity index (χ1v) is 3.88. The number of H-pyrrole nitrogens is 1. The van der Waals surface area contributed by atoms with Crippen LogP contribution in [0, 0.1) is 5.92 Å². The van der Waals surface area contributed by atoms with Gasteiger partial charge in [-0.2, -0.15) is 0 Å². The molecule has 0 aliphatic heterocycles. The first kappa shape index (κ1) is 6.58. The van der Waals surface area contributed by atoms with Gasteiger partial charge in [-0.05, 0) is 25.2 Å². The van der Waals surface area contributed by atoms with E-state index in [1.54, 1.807) is 6.07 Å². The number of hydrogen-bond acceptors (Lipinski definition) is 2. The fourth-order valence-corrected chi connectivity index (χ4v) is 1.14. The molecule has 2 rings (SSSR count). The molecule has 11 heavy (non-hydrogen) atoms. The smallest absolute Gasteiger partial charge is 0.250 e. The van der Waals surface area contributed by atoms with E-state index in [0.29, 0.717) is 0 Å². The maximum absolute atomic E-state index is 10.8. The molecule has 3 nitrogen and oxygen atoms in total. The lowest BCUT2D eigenvalue weighted by atomic mass is 10.2. The van der Waals surface area contributed by atoms with Crippen LogP contribution in [0.25, 0.3) is 0 Å². The van der Waals surface area contributed by atoms with Gasteiger partial charge >= 0.3 is 0 Å². The number of nitrogens with zero attached hydrogens (tertiary/aromatic N) is 1. The summed E-state index contributed by atoms with van der Waals surface area (Å²) in [5, 5.41) is 0. The molecule has 0 spiro atoms. The standard InChI is InChI=1S/C8H10N2O/c11-8-4-7(9-5-10-8)3-6-1-2-6/h4-6H,1-3H2,(H,9,10,11). The summed E-state index contributed by atoms with van der Waals surface area (Å²) in [5.41, 5.74) is 0.881. The van der Waals surface area contributed by atoms with Gasteiger partial charge in [0.15, 0.2) is 0 Å². The molecule has 0 saturated heterocycles. The topological polar surface area (TPSA) is 45.8 Å². The van der Waals surface area contributed by atoms with E-state index in [0.717, 1.165) is 18.0 Å². The second-order valence-electron chi connectivity index (χ2n) is 3.05. The van der Waals surface area contributed by atoms with Crippen molar-refractivity contribution in [2.24, 2.45) is 5.92 Å². The minimum Gasteiger partial charge on any atom is -0.313 e. The molecular formula is C8H10N2O. The Morgan fingerprint density at radius 3 is 3.09 bits per heavy atom. The fourth-order valence-electron chi connectivity index (χ4n) is 1.14. The summed E-state index contributed by atoms with van der Waals surface area (Å²) in [6.07, 6.45) is 5.05. The molecule has 1 aliphatic carbocycles. The van der Waals surface area contributed by atoms with Crippen LogP contribution in [0.3, 0.4) is 0 Å². The molecule has 1 fully saturated rings. The Hall–Kier alpha value is -1.12. The Labute approximate surface area is 64.5 Å². The Kier molecular flexibility index (Phi) is 1.49. The first-order chi connectivity index (χ1) is 5.34. The third kappa shape index (κ3) is 1.67. The van der Waals surface area contributed by atoms with Gasteiger partial charge in [-0.1, -0.05) is 0 Å². The first-order valence-electron chi connectivity index (χ1n) is 3.88. The fraction of sp³-hybridized carbons (Fsp3) is 0.500. The van der Waals surface area contributed by atoms with Crippen LogP contribution in [-0.2, 0) is 6.42 Å². The average molecular weight is 150 g/mol. The molecule has 1 aliphatic rings. The Bertz CT molecular complexity index is 301. The van der Waals surface area contributed by atoms with Crippen LogP contribution in [0.2, 0.25) is 0 Å². The quantitative estimate of drug-likeness (QED) is 0.675. The summed E-state index contributed by atoms with van der Waals surface area (Å²) in [4.78, 5) is 17.4. The zero-order valence-corrected chi connectivity index (χ0v) is 6.21. The lowest BCUT2D eigenvalue weighted by Gasteiger charge is -1.94. The monoisotopic (exact) mass is 150 g/mol. The number of nitrogens with one attached hydrogen (secondary N) is 1. The summed E-state index contributed by atoms with van der Waals surface area (Å²) in [5.74, 6) is 0.796. The van der Waals surface area contributed by atoms with Crippen molar-refractivity contribution < 1.29 is 0 Å². The molecule has 1 heterocycles. The average Bonchev–Trinajstić information content (AvgIpc) is 2.71. The predicted octanol–water partition coefficient (Wildman–Crippen LogP) is 0.722. The van der Waals surface area contributed by atoms with Gasteiger partial charge in [-0.15, -0.1) is 0 Å². The second-order valence-corrected chi connectivity index (χ2v) is 3.05. The van der Waals surface area contributed by atoms with Crippen LogP contribution in [-0.4, -0.2) is 9.97 Å². The highest BCUT2D eigenvalue weighted by atomic mass is 16.1. The van der Waals surface area contributed by atoms with Crippen LogP contribution in [0.15, 0.2) is 17.2 Å². The molecule has 0 bridgehead atoms. The largest absolute Gasteiger partial charge is 0.313 e. The third-order valence-electron chi connectivity index (χ3n) is 1.93. The summed E-state index contributed by atoms with van der Waals surface area (Å²) >= 11 is 0. The highest BCUT2D eigenvalue weighted by molar-refractivity contribution is 5.01. The molecule has 0 unspecified atom stereocenters. The minimum atomic E-state index is -0.0457. The van der Waals surface area contributed by atoms with E-state index < -0.39 is 0 Å². The second kappa shape index (κ2) is 2.49. The van der Waals surface area contributed by atoms with Crippen molar-refractivity contribution in [1.82, 2.24) is 9.97 Å². The van der Waals surface area contributed by atoms with E-state index >= 15 is 0 Å². The van der Waals surface area contributed by atoms with Crippen molar-refractivity contribution in [3.8, 4) is 0 Å². The highest BCUT2D eigenvalue weighted by Gasteiger charge is 2.21. The minimum absolute atomic E-state index is 0.0457. The van der Waals surface area contributed by atoms with E-state index in [9.17, 15) is 4.79 Å². The normalized spacial score (nSPS) is 16.7. The van der Waals surface area contributed by atoms with E-state index in [-0.39, 0.29) is 5.56 Å². The van der Waals surface area contributed by atoms with Gasteiger partial charge in [0.1, 0.15) is 0 Å². The van der Waals surface area contributed by atoms with Gasteiger partial charge in [0.05, 0.1) is 6.33 Å². The van der Waals surface area contributed by atoms with Crippen LogP contribution < -0.4 is 5.56 Å². The van der Waals surface area contributed by atoms with E-state index in [1.165, 1.54) is 19.2 Å². The molecule has 0 radical (unpaired) electrons. The zero-order valence-electron chi connectivity index (χ0n) is 6.21. The Morgan fingerprint density at radius 2 is 2.45 bits per heavy atom. The SMILES string of the molecule is O=c1cc(CC2CC2)nc[nH]1. The molecule has 0 amide bonds. The Morgan fingerprint density at radius 1 is 1.64 bits per heavy atom.